The van der Waals surface area contributed by atoms with Gasteiger partial charge in [-0.2, -0.15) is 4.98 Å². The van der Waals surface area contributed by atoms with E-state index in [1.165, 1.54) is 2.78 Å². The number of halogens is 2. The van der Waals surface area contributed by atoms with Crippen molar-refractivity contribution in [2.24, 2.45) is 0 Å². The summed E-state index contributed by atoms with van der Waals surface area (Å²) in [5, 5.41) is 0.703. The maximum atomic E-state index is 14.7. The van der Waals surface area contributed by atoms with Crippen molar-refractivity contribution in [2.45, 2.75) is 25.8 Å². The van der Waals surface area contributed by atoms with Crippen molar-refractivity contribution in [2.75, 3.05) is 31.6 Å². The quantitative estimate of drug-likeness (QED) is 0.595. The van der Waals surface area contributed by atoms with Crippen LogP contribution in [0.2, 0.25) is 0 Å². The van der Waals surface area contributed by atoms with E-state index in [1.54, 1.807) is 6.92 Å². The fraction of sp³-hybridized carbons (Fsp3) is 0.533. The number of rotatable bonds is 0. The van der Waals surface area contributed by atoms with Crippen LogP contribution in [0.25, 0.3) is 11.0 Å². The van der Waals surface area contributed by atoms with Crippen molar-refractivity contribution in [1.29, 1.82) is 0 Å². The molecule has 6 nitrogen and oxygen atoms in total. The summed E-state index contributed by atoms with van der Waals surface area (Å²) < 4.78 is 16.1. The standard InChI is InChI=1S/C15H17FIN5O/c1-8-12(16)10-4-3-9-7-20(2)5-6-21(9)13-11(10)14(18-8)22(17)15(23)19-13/h9H,3-7H2,1-2H3. The minimum Gasteiger partial charge on any atom is -0.350 e. The maximum absolute atomic E-state index is 14.7. The minimum atomic E-state index is -0.350. The van der Waals surface area contributed by atoms with Gasteiger partial charge in [-0.25, -0.2) is 16.9 Å². The summed E-state index contributed by atoms with van der Waals surface area (Å²) in [5.74, 6) is 0.346. The molecule has 4 heterocycles. The van der Waals surface area contributed by atoms with Crippen LogP contribution in [0.4, 0.5) is 10.2 Å². The summed E-state index contributed by atoms with van der Waals surface area (Å²) in [6.07, 6.45) is 1.50. The topological polar surface area (TPSA) is 54.3 Å². The van der Waals surface area contributed by atoms with Crippen molar-refractivity contribution in [3.05, 3.63) is 27.6 Å². The van der Waals surface area contributed by atoms with Crippen molar-refractivity contribution in [1.82, 2.24) is 17.6 Å². The molecule has 0 bridgehead atoms. The zero-order valence-corrected chi connectivity index (χ0v) is 15.2. The van der Waals surface area contributed by atoms with E-state index in [1.807, 2.05) is 22.9 Å². The van der Waals surface area contributed by atoms with Gasteiger partial charge in [-0.05, 0) is 26.8 Å². The van der Waals surface area contributed by atoms with E-state index in [9.17, 15) is 9.18 Å². The van der Waals surface area contributed by atoms with Gasteiger partial charge in [0.2, 0.25) is 0 Å². The molecule has 1 unspecified atom stereocenters. The van der Waals surface area contributed by atoms with Gasteiger partial charge in [0.25, 0.3) is 0 Å². The van der Waals surface area contributed by atoms with Gasteiger partial charge < -0.3 is 9.80 Å². The lowest BCUT2D eigenvalue weighted by atomic mass is 10.0. The fourth-order valence-corrected chi connectivity index (χ4v) is 4.13. The van der Waals surface area contributed by atoms with E-state index in [0.717, 1.165) is 26.1 Å². The normalized spacial score (nSPS) is 21.4. The van der Waals surface area contributed by atoms with Gasteiger partial charge in [0.1, 0.15) is 11.6 Å². The summed E-state index contributed by atoms with van der Waals surface area (Å²) >= 11 is 1.90. The Kier molecular flexibility index (Phi) is 3.56. The van der Waals surface area contributed by atoms with Gasteiger partial charge in [0, 0.05) is 31.2 Å². The number of anilines is 1. The predicted molar refractivity (Wildman–Crippen MR) is 94.9 cm³/mol. The highest BCUT2D eigenvalue weighted by molar-refractivity contribution is 14.1. The monoisotopic (exact) mass is 429 g/mol. The third kappa shape index (κ3) is 2.25. The van der Waals surface area contributed by atoms with Gasteiger partial charge in [-0.15, -0.1) is 0 Å². The Bertz CT molecular complexity index is 867. The molecule has 0 saturated carbocycles. The first-order chi connectivity index (χ1) is 11.0. The third-order valence-electron chi connectivity index (χ3n) is 4.85. The summed E-state index contributed by atoms with van der Waals surface area (Å²) in [5.41, 5.74) is 1.16. The van der Waals surface area contributed by atoms with Gasteiger partial charge in [0.05, 0.1) is 33.9 Å². The Morgan fingerprint density at radius 3 is 2.87 bits per heavy atom. The molecule has 2 aromatic heterocycles. The molecule has 1 saturated heterocycles. The molecule has 0 aliphatic carbocycles. The third-order valence-corrected chi connectivity index (χ3v) is 5.72. The van der Waals surface area contributed by atoms with Gasteiger partial charge in [-0.1, -0.05) is 0 Å². The van der Waals surface area contributed by atoms with Crippen LogP contribution >= 0.6 is 22.9 Å². The lowest BCUT2D eigenvalue weighted by Crippen LogP contribution is -2.52. The maximum Gasteiger partial charge on any atom is 0.360 e. The molecule has 0 radical (unpaired) electrons. The van der Waals surface area contributed by atoms with Crippen LogP contribution in [0.1, 0.15) is 17.7 Å². The van der Waals surface area contributed by atoms with E-state index < -0.39 is 0 Å². The molecular formula is C15H17FIN5O. The minimum absolute atomic E-state index is 0.251. The Hall–Kier alpha value is -1.29. The van der Waals surface area contributed by atoms with E-state index >= 15 is 0 Å². The lowest BCUT2D eigenvalue weighted by molar-refractivity contribution is 0.260. The van der Waals surface area contributed by atoms with Crippen molar-refractivity contribution < 1.29 is 4.39 Å². The largest absolute Gasteiger partial charge is 0.360 e. The van der Waals surface area contributed by atoms with Gasteiger partial charge in [0.15, 0.2) is 5.65 Å². The Morgan fingerprint density at radius 2 is 2.09 bits per heavy atom. The number of aromatic nitrogens is 3. The molecule has 2 aromatic rings. The molecule has 1 fully saturated rings. The number of aryl methyl sites for hydroxylation is 2. The van der Waals surface area contributed by atoms with Crippen molar-refractivity contribution in [3.8, 4) is 0 Å². The van der Waals surface area contributed by atoms with Crippen LogP contribution < -0.4 is 10.6 Å². The molecule has 122 valence electrons. The molecule has 2 aliphatic heterocycles. The zero-order chi connectivity index (χ0) is 16.3. The predicted octanol–water partition coefficient (Wildman–Crippen LogP) is 1.50. The Balaban J connectivity index is 2.06. The second-order valence-electron chi connectivity index (χ2n) is 6.34. The molecule has 4 rings (SSSR count). The first-order valence-corrected chi connectivity index (χ1v) is 8.67. The first kappa shape index (κ1) is 15.3. The average molecular weight is 429 g/mol. The van der Waals surface area contributed by atoms with Crippen LogP contribution in [-0.4, -0.2) is 50.4 Å². The van der Waals surface area contributed by atoms with E-state index in [4.69, 9.17) is 0 Å². The van der Waals surface area contributed by atoms with E-state index in [-0.39, 0.29) is 17.5 Å². The molecule has 23 heavy (non-hydrogen) atoms. The van der Waals surface area contributed by atoms with Crippen LogP contribution in [0.5, 0.6) is 0 Å². The Labute approximate surface area is 146 Å². The molecule has 0 spiro atoms. The first-order valence-electron chi connectivity index (χ1n) is 7.70. The van der Waals surface area contributed by atoms with E-state index in [0.29, 0.717) is 34.5 Å². The van der Waals surface area contributed by atoms with Crippen LogP contribution in [0.15, 0.2) is 4.79 Å². The van der Waals surface area contributed by atoms with Crippen LogP contribution in [-0.2, 0) is 6.42 Å². The Morgan fingerprint density at radius 1 is 1.30 bits per heavy atom. The SMILES string of the molecule is Cc1nc2c3c(nc(=O)n2I)N2CCN(C)CC2CCc3c1F. The number of nitrogens with zero attached hydrogens (tertiary/aromatic N) is 5. The molecule has 2 aliphatic rings. The van der Waals surface area contributed by atoms with Crippen molar-refractivity contribution >= 4 is 39.7 Å². The molecular weight excluding hydrogens is 412 g/mol. The summed E-state index contributed by atoms with van der Waals surface area (Å²) in [7, 11) is 2.09. The molecule has 0 aromatic carbocycles. The number of hydrogen-bond acceptors (Lipinski definition) is 5. The number of hydrogen-bond donors (Lipinski definition) is 0. The summed E-state index contributed by atoms with van der Waals surface area (Å²) in [4.78, 5) is 25.3. The van der Waals surface area contributed by atoms with Crippen LogP contribution in [0, 0.1) is 12.7 Å². The second-order valence-corrected chi connectivity index (χ2v) is 7.30. The lowest BCUT2D eigenvalue weighted by Gasteiger charge is -2.40. The molecule has 8 heteroatoms. The average Bonchev–Trinajstić information content (AvgIpc) is 2.67. The highest BCUT2D eigenvalue weighted by Gasteiger charge is 2.33. The second kappa shape index (κ2) is 5.37. The highest BCUT2D eigenvalue weighted by atomic mass is 127. The summed E-state index contributed by atoms with van der Waals surface area (Å²) in [6.45, 7) is 4.25. The fourth-order valence-electron chi connectivity index (χ4n) is 3.68. The number of pyridine rings is 1. The van der Waals surface area contributed by atoms with E-state index in [2.05, 4.69) is 26.8 Å². The van der Waals surface area contributed by atoms with Gasteiger partial charge >= 0.3 is 5.69 Å². The molecule has 1 atom stereocenters. The smallest absolute Gasteiger partial charge is 0.350 e. The molecule has 0 N–H and O–H groups in total. The van der Waals surface area contributed by atoms with Crippen LogP contribution in [0.3, 0.4) is 0 Å². The number of piperazine rings is 1. The zero-order valence-electron chi connectivity index (χ0n) is 13.0. The van der Waals surface area contributed by atoms with Crippen molar-refractivity contribution in [3.63, 3.8) is 0 Å². The highest BCUT2D eigenvalue weighted by Crippen LogP contribution is 2.35. The number of likely N-dealkylation sites (N-methyl/N-ethyl adjacent to an activating group) is 1. The van der Waals surface area contributed by atoms with Gasteiger partial charge in [-0.3, -0.25) is 0 Å². The molecule has 0 amide bonds. The summed E-state index contributed by atoms with van der Waals surface area (Å²) in [6, 6.07) is 0.251. The number of fused-ring (bicyclic) bond motifs is 2.